The van der Waals surface area contributed by atoms with Crippen LogP contribution in [0.15, 0.2) is 54.7 Å². The highest BCUT2D eigenvalue weighted by Crippen LogP contribution is 2.21. The molecule has 0 radical (unpaired) electrons. The van der Waals surface area contributed by atoms with Gasteiger partial charge in [0, 0.05) is 12.1 Å². The zero-order chi connectivity index (χ0) is 17.2. The first-order valence-corrected chi connectivity index (χ1v) is 8.25. The Kier molecular flexibility index (Phi) is 3.85. The molecule has 0 saturated carbocycles. The molecule has 124 valence electrons. The standard InChI is InChI=1S/C19H18N6/c1-3-17-22-15-6-4-5-7-16(15)25(17)18-12-20-24-19(23-18)21-14-10-8-13(2)9-11-14/h4-12H,3H2,1-2H3,(H,21,23,24). The van der Waals surface area contributed by atoms with Crippen molar-refractivity contribution in [2.45, 2.75) is 20.3 Å². The Morgan fingerprint density at radius 1 is 1.00 bits per heavy atom. The van der Waals surface area contributed by atoms with E-state index in [-0.39, 0.29) is 0 Å². The second-order valence-electron chi connectivity index (χ2n) is 5.83. The van der Waals surface area contributed by atoms with Gasteiger partial charge in [0.05, 0.1) is 17.2 Å². The van der Waals surface area contributed by atoms with Crippen molar-refractivity contribution in [2.75, 3.05) is 5.32 Å². The molecule has 0 aliphatic heterocycles. The lowest BCUT2D eigenvalue weighted by atomic mass is 10.2. The van der Waals surface area contributed by atoms with Crippen LogP contribution in [0.5, 0.6) is 0 Å². The van der Waals surface area contributed by atoms with Gasteiger partial charge in [0.2, 0.25) is 5.95 Å². The van der Waals surface area contributed by atoms with Crippen LogP contribution in [0.1, 0.15) is 18.3 Å². The Hall–Kier alpha value is -3.28. The molecule has 4 rings (SSSR count). The average Bonchev–Trinajstić information content (AvgIpc) is 3.02. The first kappa shape index (κ1) is 15.3. The molecule has 0 amide bonds. The molecular formula is C19H18N6. The van der Waals surface area contributed by atoms with E-state index in [1.54, 1.807) is 6.20 Å². The van der Waals surface area contributed by atoms with Crippen LogP contribution in [0.3, 0.4) is 0 Å². The first-order valence-electron chi connectivity index (χ1n) is 8.25. The minimum absolute atomic E-state index is 0.459. The number of para-hydroxylation sites is 2. The molecule has 0 bridgehead atoms. The van der Waals surface area contributed by atoms with Crippen molar-refractivity contribution in [3.63, 3.8) is 0 Å². The zero-order valence-corrected chi connectivity index (χ0v) is 14.1. The molecule has 6 heteroatoms. The van der Waals surface area contributed by atoms with Gasteiger partial charge in [0.1, 0.15) is 5.82 Å². The van der Waals surface area contributed by atoms with E-state index in [0.717, 1.165) is 29.0 Å². The van der Waals surface area contributed by atoms with Crippen LogP contribution in [-0.4, -0.2) is 24.7 Å². The maximum absolute atomic E-state index is 4.69. The molecule has 2 aromatic heterocycles. The second-order valence-corrected chi connectivity index (χ2v) is 5.83. The lowest BCUT2D eigenvalue weighted by Crippen LogP contribution is -2.07. The van der Waals surface area contributed by atoms with Crippen molar-refractivity contribution >= 4 is 22.7 Å². The third-order valence-electron chi connectivity index (χ3n) is 4.03. The predicted molar refractivity (Wildman–Crippen MR) is 98.3 cm³/mol. The number of hydrogen-bond donors (Lipinski definition) is 1. The third-order valence-corrected chi connectivity index (χ3v) is 4.03. The fourth-order valence-electron chi connectivity index (χ4n) is 2.79. The van der Waals surface area contributed by atoms with E-state index >= 15 is 0 Å². The van der Waals surface area contributed by atoms with Gasteiger partial charge < -0.3 is 5.32 Å². The van der Waals surface area contributed by atoms with Crippen LogP contribution < -0.4 is 5.32 Å². The van der Waals surface area contributed by atoms with E-state index in [0.29, 0.717) is 11.8 Å². The minimum Gasteiger partial charge on any atom is -0.323 e. The van der Waals surface area contributed by atoms with Gasteiger partial charge in [-0.25, -0.2) is 4.98 Å². The van der Waals surface area contributed by atoms with Crippen molar-refractivity contribution in [1.29, 1.82) is 0 Å². The molecular weight excluding hydrogens is 312 g/mol. The number of rotatable bonds is 4. The van der Waals surface area contributed by atoms with Crippen molar-refractivity contribution in [3.05, 3.63) is 66.1 Å². The maximum Gasteiger partial charge on any atom is 0.249 e. The Bertz CT molecular complexity index is 1020. The van der Waals surface area contributed by atoms with Gasteiger partial charge >= 0.3 is 0 Å². The summed E-state index contributed by atoms with van der Waals surface area (Å²) in [4.78, 5) is 9.32. The molecule has 4 aromatic rings. The molecule has 0 atom stereocenters. The van der Waals surface area contributed by atoms with Gasteiger partial charge in [0.25, 0.3) is 0 Å². The van der Waals surface area contributed by atoms with E-state index in [4.69, 9.17) is 0 Å². The summed E-state index contributed by atoms with van der Waals surface area (Å²) >= 11 is 0. The second kappa shape index (κ2) is 6.32. The molecule has 6 nitrogen and oxygen atoms in total. The SMILES string of the molecule is CCc1nc2ccccc2n1-c1cnnc(Nc2ccc(C)cc2)n1. The molecule has 0 unspecified atom stereocenters. The van der Waals surface area contributed by atoms with Crippen LogP contribution in [0, 0.1) is 6.92 Å². The molecule has 0 saturated heterocycles. The molecule has 0 spiro atoms. The molecule has 2 aromatic carbocycles. The van der Waals surface area contributed by atoms with Crippen molar-refractivity contribution in [3.8, 4) is 5.82 Å². The lowest BCUT2D eigenvalue weighted by Gasteiger charge is -2.09. The summed E-state index contributed by atoms with van der Waals surface area (Å²) in [6, 6.07) is 16.1. The lowest BCUT2D eigenvalue weighted by molar-refractivity contribution is 0.855. The van der Waals surface area contributed by atoms with Crippen molar-refractivity contribution in [2.24, 2.45) is 0 Å². The molecule has 25 heavy (non-hydrogen) atoms. The van der Waals surface area contributed by atoms with E-state index in [1.807, 2.05) is 53.1 Å². The summed E-state index contributed by atoms with van der Waals surface area (Å²) in [6.07, 6.45) is 2.47. The monoisotopic (exact) mass is 330 g/mol. The van der Waals surface area contributed by atoms with Crippen LogP contribution in [-0.2, 0) is 6.42 Å². The summed E-state index contributed by atoms with van der Waals surface area (Å²) in [5.41, 5.74) is 4.10. The van der Waals surface area contributed by atoms with Gasteiger partial charge in [-0.2, -0.15) is 10.1 Å². The van der Waals surface area contributed by atoms with Crippen LogP contribution in [0.4, 0.5) is 11.6 Å². The molecule has 2 heterocycles. The van der Waals surface area contributed by atoms with Gasteiger partial charge in [-0.05, 0) is 31.2 Å². The summed E-state index contributed by atoms with van der Waals surface area (Å²) in [7, 11) is 0. The van der Waals surface area contributed by atoms with Crippen molar-refractivity contribution in [1.82, 2.24) is 24.7 Å². The summed E-state index contributed by atoms with van der Waals surface area (Å²) in [5, 5.41) is 11.4. The average molecular weight is 330 g/mol. The largest absolute Gasteiger partial charge is 0.323 e. The number of imidazole rings is 1. The van der Waals surface area contributed by atoms with E-state index in [2.05, 4.69) is 39.3 Å². The minimum atomic E-state index is 0.459. The van der Waals surface area contributed by atoms with Crippen LogP contribution in [0.25, 0.3) is 16.9 Å². The summed E-state index contributed by atoms with van der Waals surface area (Å²) in [6.45, 7) is 4.14. The molecule has 1 N–H and O–H groups in total. The smallest absolute Gasteiger partial charge is 0.249 e. The van der Waals surface area contributed by atoms with Gasteiger partial charge in [-0.3, -0.25) is 4.57 Å². The topological polar surface area (TPSA) is 68.5 Å². The number of nitrogens with zero attached hydrogens (tertiary/aromatic N) is 5. The van der Waals surface area contributed by atoms with Gasteiger partial charge in [0.15, 0.2) is 5.82 Å². The Morgan fingerprint density at radius 3 is 2.60 bits per heavy atom. The zero-order valence-electron chi connectivity index (χ0n) is 14.1. The maximum atomic E-state index is 4.69. The van der Waals surface area contributed by atoms with E-state index < -0.39 is 0 Å². The number of benzene rings is 2. The Labute approximate surface area is 145 Å². The molecule has 0 fully saturated rings. The fraction of sp³-hybridized carbons (Fsp3) is 0.158. The Balaban J connectivity index is 1.76. The van der Waals surface area contributed by atoms with E-state index in [1.165, 1.54) is 5.56 Å². The normalized spacial score (nSPS) is 11.0. The number of fused-ring (bicyclic) bond motifs is 1. The fourth-order valence-corrected chi connectivity index (χ4v) is 2.79. The van der Waals surface area contributed by atoms with Gasteiger partial charge in [-0.1, -0.05) is 36.8 Å². The quantitative estimate of drug-likeness (QED) is 0.616. The number of hydrogen-bond acceptors (Lipinski definition) is 5. The predicted octanol–water partition coefficient (Wildman–Crippen LogP) is 3.82. The Morgan fingerprint density at radius 2 is 1.80 bits per heavy atom. The highest BCUT2D eigenvalue weighted by atomic mass is 15.3. The third kappa shape index (κ3) is 2.94. The summed E-state index contributed by atoms with van der Waals surface area (Å²) in [5.74, 6) is 2.11. The number of nitrogens with one attached hydrogen (secondary N) is 1. The molecule has 0 aliphatic rings. The highest BCUT2D eigenvalue weighted by Gasteiger charge is 2.13. The molecule has 0 aliphatic carbocycles. The highest BCUT2D eigenvalue weighted by molar-refractivity contribution is 5.77. The number of aryl methyl sites for hydroxylation is 2. The van der Waals surface area contributed by atoms with Crippen molar-refractivity contribution < 1.29 is 0 Å². The first-order chi connectivity index (χ1) is 12.2. The number of aromatic nitrogens is 5. The summed E-state index contributed by atoms with van der Waals surface area (Å²) < 4.78 is 2.03. The number of anilines is 2. The van der Waals surface area contributed by atoms with Gasteiger partial charge in [-0.15, -0.1) is 5.10 Å². The van der Waals surface area contributed by atoms with E-state index in [9.17, 15) is 0 Å². The van der Waals surface area contributed by atoms with Crippen LogP contribution in [0.2, 0.25) is 0 Å². The van der Waals surface area contributed by atoms with Crippen LogP contribution >= 0.6 is 0 Å².